The molecular formula is C14H25N3O3S. The Morgan fingerprint density at radius 2 is 2.05 bits per heavy atom. The van der Waals surface area contributed by atoms with E-state index in [0.29, 0.717) is 25.9 Å². The smallest absolute Gasteiger partial charge is 0.242 e. The fraction of sp³-hybridized carbons (Fsp3) is 0.786. The molecule has 1 saturated heterocycles. The molecule has 1 fully saturated rings. The van der Waals surface area contributed by atoms with Crippen molar-refractivity contribution < 1.29 is 14.4 Å². The van der Waals surface area contributed by atoms with Crippen LogP contribution in [0.3, 0.4) is 0 Å². The van der Waals surface area contributed by atoms with Crippen molar-refractivity contribution in [3.8, 4) is 0 Å². The van der Waals surface area contributed by atoms with Gasteiger partial charge in [0.15, 0.2) is 0 Å². The van der Waals surface area contributed by atoms with Crippen molar-refractivity contribution in [2.24, 2.45) is 0 Å². The molecule has 21 heavy (non-hydrogen) atoms. The van der Waals surface area contributed by atoms with Crippen LogP contribution in [0.2, 0.25) is 0 Å². The van der Waals surface area contributed by atoms with Crippen molar-refractivity contribution in [1.29, 1.82) is 0 Å². The van der Waals surface area contributed by atoms with Crippen LogP contribution in [-0.2, 0) is 14.4 Å². The molecule has 0 aliphatic carbocycles. The molecule has 6 nitrogen and oxygen atoms in total. The van der Waals surface area contributed by atoms with Gasteiger partial charge in [-0.05, 0) is 26.1 Å². The van der Waals surface area contributed by atoms with Crippen molar-refractivity contribution >= 4 is 29.5 Å². The number of likely N-dealkylation sites (N-methyl/N-ethyl adjacent to an activating group) is 1. The molecule has 2 N–H and O–H groups in total. The van der Waals surface area contributed by atoms with Crippen LogP contribution in [0.25, 0.3) is 0 Å². The summed E-state index contributed by atoms with van der Waals surface area (Å²) < 4.78 is 0. The van der Waals surface area contributed by atoms with Gasteiger partial charge >= 0.3 is 0 Å². The molecule has 0 aromatic heterocycles. The molecule has 1 aliphatic rings. The van der Waals surface area contributed by atoms with Gasteiger partial charge in [-0.15, -0.1) is 0 Å². The lowest BCUT2D eigenvalue weighted by Crippen LogP contribution is -2.32. The molecular weight excluding hydrogens is 290 g/mol. The second-order valence-corrected chi connectivity index (χ2v) is 6.12. The van der Waals surface area contributed by atoms with Crippen LogP contribution in [0.15, 0.2) is 0 Å². The lowest BCUT2D eigenvalue weighted by Gasteiger charge is -2.14. The Kier molecular flexibility index (Phi) is 8.37. The zero-order valence-electron chi connectivity index (χ0n) is 12.8. The Hall–Kier alpha value is -1.08. The summed E-state index contributed by atoms with van der Waals surface area (Å²) in [7, 11) is 1.84. The Balaban J connectivity index is 2.10. The maximum Gasteiger partial charge on any atom is 0.242 e. The number of likely N-dealkylation sites (tertiary alicyclic amines) is 1. The molecule has 0 spiro atoms. The van der Waals surface area contributed by atoms with E-state index < -0.39 is 0 Å². The minimum Gasteiger partial charge on any atom is -0.355 e. The van der Waals surface area contributed by atoms with Crippen LogP contribution in [0.1, 0.15) is 32.1 Å². The molecule has 120 valence electrons. The van der Waals surface area contributed by atoms with E-state index in [1.54, 1.807) is 0 Å². The van der Waals surface area contributed by atoms with Crippen LogP contribution in [0.4, 0.5) is 0 Å². The molecule has 7 heteroatoms. The van der Waals surface area contributed by atoms with E-state index in [2.05, 4.69) is 10.6 Å². The number of amides is 3. The van der Waals surface area contributed by atoms with Gasteiger partial charge in [0.1, 0.15) is 0 Å². The molecule has 0 aromatic carbocycles. The van der Waals surface area contributed by atoms with Crippen LogP contribution < -0.4 is 10.6 Å². The average molecular weight is 315 g/mol. The predicted molar refractivity (Wildman–Crippen MR) is 84.0 cm³/mol. The third-order valence-corrected chi connectivity index (χ3v) is 4.41. The molecule has 1 aliphatic heterocycles. The summed E-state index contributed by atoms with van der Waals surface area (Å²) in [4.78, 5) is 36.4. The number of thioether (sulfide) groups is 1. The fourth-order valence-corrected chi connectivity index (χ4v) is 2.86. The molecule has 0 radical (unpaired) electrons. The fourth-order valence-electron chi connectivity index (χ4n) is 2.22. The van der Waals surface area contributed by atoms with E-state index in [-0.39, 0.29) is 23.0 Å². The van der Waals surface area contributed by atoms with Crippen molar-refractivity contribution in [2.45, 2.75) is 37.4 Å². The Labute approximate surface area is 130 Å². The molecule has 1 rings (SSSR count). The summed E-state index contributed by atoms with van der Waals surface area (Å²) in [6.45, 7) is 1.89. The highest BCUT2D eigenvalue weighted by Crippen LogP contribution is 2.23. The lowest BCUT2D eigenvalue weighted by atomic mass is 10.2. The third kappa shape index (κ3) is 6.05. The summed E-state index contributed by atoms with van der Waals surface area (Å²) in [5.41, 5.74) is 0. The zero-order valence-corrected chi connectivity index (χ0v) is 13.6. The predicted octanol–water partition coefficient (Wildman–Crippen LogP) is 0.373. The number of hydrogen-bond donors (Lipinski definition) is 2. The third-order valence-electron chi connectivity index (χ3n) is 3.47. The van der Waals surface area contributed by atoms with Gasteiger partial charge in [-0.3, -0.25) is 19.3 Å². The van der Waals surface area contributed by atoms with Crippen molar-refractivity contribution in [3.63, 3.8) is 0 Å². The van der Waals surface area contributed by atoms with Gasteiger partial charge in [-0.1, -0.05) is 6.42 Å². The van der Waals surface area contributed by atoms with Gasteiger partial charge in [0.05, 0.1) is 5.25 Å². The largest absolute Gasteiger partial charge is 0.355 e. The van der Waals surface area contributed by atoms with Gasteiger partial charge in [0.2, 0.25) is 17.7 Å². The highest BCUT2D eigenvalue weighted by Gasteiger charge is 2.37. The van der Waals surface area contributed by atoms with E-state index in [0.717, 1.165) is 25.8 Å². The monoisotopic (exact) mass is 315 g/mol. The summed E-state index contributed by atoms with van der Waals surface area (Å²) in [6, 6.07) is 0. The van der Waals surface area contributed by atoms with Crippen LogP contribution >= 0.6 is 11.8 Å². The Bertz CT molecular complexity index is 376. The SMILES string of the molecule is CNCCNC(=O)CCCCCN1C(=O)CC(SC)C1=O. The zero-order chi connectivity index (χ0) is 15.7. The maximum atomic E-state index is 11.9. The van der Waals surface area contributed by atoms with Gasteiger partial charge in [0, 0.05) is 32.5 Å². The van der Waals surface area contributed by atoms with Crippen molar-refractivity contribution in [2.75, 3.05) is 32.9 Å². The number of rotatable bonds is 10. The summed E-state index contributed by atoms with van der Waals surface area (Å²) in [5, 5.41) is 5.58. The topological polar surface area (TPSA) is 78.5 Å². The number of carbonyl (C=O) groups is 3. The number of nitrogens with zero attached hydrogens (tertiary/aromatic N) is 1. The number of imide groups is 1. The normalized spacial score (nSPS) is 18.4. The van der Waals surface area contributed by atoms with Gasteiger partial charge in [0.25, 0.3) is 0 Å². The van der Waals surface area contributed by atoms with Crippen LogP contribution in [0.5, 0.6) is 0 Å². The van der Waals surface area contributed by atoms with E-state index >= 15 is 0 Å². The van der Waals surface area contributed by atoms with Crippen LogP contribution in [0, 0.1) is 0 Å². The molecule has 0 aromatic rings. The molecule has 0 saturated carbocycles. The van der Waals surface area contributed by atoms with Gasteiger partial charge in [-0.25, -0.2) is 0 Å². The number of carbonyl (C=O) groups excluding carboxylic acids is 3. The average Bonchev–Trinajstić information content (AvgIpc) is 2.74. The summed E-state index contributed by atoms with van der Waals surface area (Å²) in [6.07, 6.45) is 5.08. The number of nitrogens with one attached hydrogen (secondary N) is 2. The summed E-state index contributed by atoms with van der Waals surface area (Å²) in [5.74, 6) is -0.0671. The minimum absolute atomic E-state index is 0.0565. The number of hydrogen-bond acceptors (Lipinski definition) is 5. The van der Waals surface area contributed by atoms with Gasteiger partial charge < -0.3 is 10.6 Å². The van der Waals surface area contributed by atoms with Crippen molar-refractivity contribution in [1.82, 2.24) is 15.5 Å². The number of unbranched alkanes of at least 4 members (excludes halogenated alkanes) is 2. The highest BCUT2D eigenvalue weighted by molar-refractivity contribution is 8.00. The minimum atomic E-state index is -0.199. The lowest BCUT2D eigenvalue weighted by molar-refractivity contribution is -0.138. The van der Waals surface area contributed by atoms with Crippen molar-refractivity contribution in [3.05, 3.63) is 0 Å². The molecule has 1 unspecified atom stereocenters. The molecule has 1 heterocycles. The highest BCUT2D eigenvalue weighted by atomic mass is 32.2. The Morgan fingerprint density at radius 3 is 2.67 bits per heavy atom. The van der Waals surface area contributed by atoms with E-state index in [9.17, 15) is 14.4 Å². The standard InChI is InChI=1S/C14H25N3O3S/c1-15-7-8-16-12(18)6-4-3-5-9-17-13(19)10-11(21-2)14(17)20/h11,15H,3-10H2,1-2H3,(H,16,18). The first-order valence-electron chi connectivity index (χ1n) is 7.38. The second kappa shape index (κ2) is 9.78. The molecule has 0 bridgehead atoms. The molecule has 3 amide bonds. The molecule has 1 atom stereocenters. The Morgan fingerprint density at radius 1 is 1.29 bits per heavy atom. The first-order valence-corrected chi connectivity index (χ1v) is 8.67. The van der Waals surface area contributed by atoms with Gasteiger partial charge in [-0.2, -0.15) is 11.8 Å². The first-order chi connectivity index (χ1) is 10.1. The van der Waals surface area contributed by atoms with E-state index in [1.807, 2.05) is 13.3 Å². The quantitative estimate of drug-likeness (QED) is 0.450. The summed E-state index contributed by atoms with van der Waals surface area (Å²) >= 11 is 1.43. The first kappa shape index (κ1) is 18.0. The second-order valence-electron chi connectivity index (χ2n) is 5.08. The maximum absolute atomic E-state index is 11.9. The van der Waals surface area contributed by atoms with Crippen LogP contribution in [-0.4, -0.2) is 60.8 Å². The van der Waals surface area contributed by atoms with E-state index in [4.69, 9.17) is 0 Å². The van der Waals surface area contributed by atoms with E-state index in [1.165, 1.54) is 16.7 Å².